The molecule has 1 fully saturated rings. The van der Waals surface area contributed by atoms with Gasteiger partial charge in [-0.05, 0) is 53.5 Å². The molecule has 0 atom stereocenters. The lowest BCUT2D eigenvalue weighted by molar-refractivity contribution is 0.130. The maximum absolute atomic E-state index is 5.84. The number of benzene rings is 1. The number of likely N-dealkylation sites (N-methyl/N-ethyl adjacent to an activating group) is 1. The zero-order valence-corrected chi connectivity index (χ0v) is 14.2. The molecule has 4 heteroatoms. The molecule has 20 heavy (non-hydrogen) atoms. The Labute approximate surface area is 131 Å². The van der Waals surface area contributed by atoms with Crippen molar-refractivity contribution in [1.29, 1.82) is 0 Å². The lowest BCUT2D eigenvalue weighted by Crippen LogP contribution is -2.46. The number of nitrogens with zero attached hydrogens (tertiary/aromatic N) is 2. The summed E-state index contributed by atoms with van der Waals surface area (Å²) < 4.78 is 6.89. The third-order valence-electron chi connectivity index (χ3n) is 3.88. The first-order valence-corrected chi connectivity index (χ1v) is 8.32. The van der Waals surface area contributed by atoms with Crippen LogP contribution in [0.5, 0.6) is 5.75 Å². The van der Waals surface area contributed by atoms with Crippen LogP contribution in [0.2, 0.25) is 0 Å². The average Bonchev–Trinajstić information content (AvgIpc) is 2.46. The highest BCUT2D eigenvalue weighted by atomic mass is 79.9. The van der Waals surface area contributed by atoms with E-state index in [0.29, 0.717) is 0 Å². The van der Waals surface area contributed by atoms with Crippen LogP contribution < -0.4 is 4.74 Å². The van der Waals surface area contributed by atoms with Crippen molar-refractivity contribution >= 4 is 15.9 Å². The summed E-state index contributed by atoms with van der Waals surface area (Å²) >= 11 is 3.55. The highest BCUT2D eigenvalue weighted by Crippen LogP contribution is 2.25. The first kappa shape index (κ1) is 15.8. The van der Waals surface area contributed by atoms with Gasteiger partial charge in [-0.3, -0.25) is 0 Å². The van der Waals surface area contributed by atoms with Gasteiger partial charge in [0.1, 0.15) is 5.75 Å². The fraction of sp³-hybridized carbons (Fsp3) is 0.625. The molecule has 1 heterocycles. The highest BCUT2D eigenvalue weighted by molar-refractivity contribution is 9.10. The van der Waals surface area contributed by atoms with Crippen LogP contribution in [0.4, 0.5) is 0 Å². The van der Waals surface area contributed by atoms with Crippen molar-refractivity contribution in [2.75, 3.05) is 45.9 Å². The fourth-order valence-corrected chi connectivity index (χ4v) is 3.13. The molecule has 0 radical (unpaired) electrons. The van der Waals surface area contributed by atoms with Gasteiger partial charge in [-0.1, -0.05) is 13.0 Å². The average molecular weight is 341 g/mol. The van der Waals surface area contributed by atoms with Crippen molar-refractivity contribution in [3.8, 4) is 5.75 Å². The molecule has 3 nitrogen and oxygen atoms in total. The van der Waals surface area contributed by atoms with E-state index >= 15 is 0 Å². The normalized spacial score (nSPS) is 17.4. The van der Waals surface area contributed by atoms with Crippen LogP contribution in [0.1, 0.15) is 18.9 Å². The minimum absolute atomic E-state index is 0.787. The van der Waals surface area contributed by atoms with Crippen molar-refractivity contribution < 1.29 is 4.74 Å². The van der Waals surface area contributed by atoms with Gasteiger partial charge in [0.25, 0.3) is 0 Å². The molecule has 1 saturated heterocycles. The van der Waals surface area contributed by atoms with Gasteiger partial charge in [0.05, 0.1) is 11.1 Å². The summed E-state index contributed by atoms with van der Waals surface area (Å²) in [4.78, 5) is 5.05. The minimum Gasteiger partial charge on any atom is -0.492 e. The van der Waals surface area contributed by atoms with E-state index in [-0.39, 0.29) is 0 Å². The van der Waals surface area contributed by atoms with E-state index in [1.165, 1.54) is 38.3 Å². The molecule has 1 aromatic carbocycles. The van der Waals surface area contributed by atoms with Gasteiger partial charge >= 0.3 is 0 Å². The van der Waals surface area contributed by atoms with Gasteiger partial charge < -0.3 is 14.5 Å². The Hall–Kier alpha value is -0.580. The maximum atomic E-state index is 5.84. The smallest absolute Gasteiger partial charge is 0.133 e. The predicted molar refractivity (Wildman–Crippen MR) is 87.5 cm³/mol. The molecule has 0 N–H and O–H groups in total. The lowest BCUT2D eigenvalue weighted by Gasteiger charge is -2.33. The van der Waals surface area contributed by atoms with Crippen LogP contribution in [0.15, 0.2) is 22.7 Å². The Morgan fingerprint density at radius 2 is 1.85 bits per heavy atom. The SMILES string of the molecule is CCN1CCN(CCCOc2ccc(C)cc2Br)CC1. The number of halogens is 1. The van der Waals surface area contributed by atoms with Crippen LogP contribution in [0.3, 0.4) is 0 Å². The number of piperazine rings is 1. The zero-order valence-electron chi connectivity index (χ0n) is 12.6. The zero-order chi connectivity index (χ0) is 14.4. The number of aryl methyl sites for hydroxylation is 1. The van der Waals surface area contributed by atoms with Crippen LogP contribution in [0, 0.1) is 6.92 Å². The highest BCUT2D eigenvalue weighted by Gasteiger charge is 2.14. The van der Waals surface area contributed by atoms with Gasteiger partial charge in [0.2, 0.25) is 0 Å². The van der Waals surface area contributed by atoms with Crippen molar-refractivity contribution in [2.45, 2.75) is 20.3 Å². The molecule has 0 spiro atoms. The van der Waals surface area contributed by atoms with Gasteiger partial charge in [-0.2, -0.15) is 0 Å². The van der Waals surface area contributed by atoms with Crippen molar-refractivity contribution in [3.63, 3.8) is 0 Å². The summed E-state index contributed by atoms with van der Waals surface area (Å²) in [5.41, 5.74) is 1.25. The molecule has 1 aliphatic rings. The molecular formula is C16H25BrN2O. The molecule has 0 aliphatic carbocycles. The topological polar surface area (TPSA) is 15.7 Å². The van der Waals surface area contributed by atoms with Crippen LogP contribution in [-0.4, -0.2) is 55.7 Å². The van der Waals surface area contributed by atoms with E-state index in [4.69, 9.17) is 4.74 Å². The third kappa shape index (κ3) is 4.76. The Morgan fingerprint density at radius 3 is 2.50 bits per heavy atom. The molecule has 112 valence electrons. The molecule has 0 saturated carbocycles. The molecular weight excluding hydrogens is 316 g/mol. The van der Waals surface area contributed by atoms with Crippen LogP contribution >= 0.6 is 15.9 Å². The Bertz CT molecular complexity index is 417. The van der Waals surface area contributed by atoms with E-state index in [1.54, 1.807) is 0 Å². The number of rotatable bonds is 6. The van der Waals surface area contributed by atoms with Crippen molar-refractivity contribution in [1.82, 2.24) is 9.80 Å². The first-order valence-electron chi connectivity index (χ1n) is 7.52. The summed E-state index contributed by atoms with van der Waals surface area (Å²) in [6, 6.07) is 6.23. The monoisotopic (exact) mass is 340 g/mol. The van der Waals surface area contributed by atoms with Crippen molar-refractivity contribution in [3.05, 3.63) is 28.2 Å². The molecule has 2 rings (SSSR count). The Balaban J connectivity index is 1.64. The van der Waals surface area contributed by atoms with E-state index in [1.807, 2.05) is 6.07 Å². The van der Waals surface area contributed by atoms with Crippen LogP contribution in [-0.2, 0) is 0 Å². The number of ether oxygens (including phenoxy) is 1. The second kappa shape index (κ2) is 8.01. The molecule has 0 unspecified atom stereocenters. The van der Waals surface area contributed by atoms with Gasteiger partial charge in [0, 0.05) is 32.7 Å². The van der Waals surface area contributed by atoms with Crippen molar-refractivity contribution in [2.24, 2.45) is 0 Å². The van der Waals surface area contributed by atoms with E-state index in [0.717, 1.165) is 29.8 Å². The summed E-state index contributed by atoms with van der Waals surface area (Å²) in [6.07, 6.45) is 1.09. The molecule has 1 aromatic rings. The number of hydrogen-bond donors (Lipinski definition) is 0. The summed E-state index contributed by atoms with van der Waals surface area (Å²) in [5.74, 6) is 0.950. The Kier molecular flexibility index (Phi) is 6.33. The quantitative estimate of drug-likeness (QED) is 0.740. The number of hydrogen-bond acceptors (Lipinski definition) is 3. The lowest BCUT2D eigenvalue weighted by atomic mass is 10.2. The molecule has 0 bridgehead atoms. The molecule has 1 aliphatic heterocycles. The summed E-state index contributed by atoms with van der Waals surface area (Å²) in [7, 11) is 0. The predicted octanol–water partition coefficient (Wildman–Crippen LogP) is 3.16. The van der Waals surface area contributed by atoms with Gasteiger partial charge in [-0.25, -0.2) is 0 Å². The molecule has 0 aromatic heterocycles. The van der Waals surface area contributed by atoms with Crippen LogP contribution in [0.25, 0.3) is 0 Å². The Morgan fingerprint density at radius 1 is 1.15 bits per heavy atom. The van der Waals surface area contributed by atoms with E-state index in [2.05, 4.69) is 51.7 Å². The standard InChI is InChI=1S/C16H25BrN2O/c1-3-18-8-10-19(11-9-18)7-4-12-20-16-6-5-14(2)13-15(16)17/h5-6,13H,3-4,7-12H2,1-2H3. The van der Waals surface area contributed by atoms with E-state index in [9.17, 15) is 0 Å². The second-order valence-electron chi connectivity index (χ2n) is 5.41. The summed E-state index contributed by atoms with van der Waals surface area (Å²) in [6.45, 7) is 12.2. The van der Waals surface area contributed by atoms with E-state index < -0.39 is 0 Å². The molecule has 0 amide bonds. The second-order valence-corrected chi connectivity index (χ2v) is 6.27. The third-order valence-corrected chi connectivity index (χ3v) is 4.50. The largest absolute Gasteiger partial charge is 0.492 e. The fourth-order valence-electron chi connectivity index (χ4n) is 2.52. The first-order chi connectivity index (χ1) is 9.69. The summed E-state index contributed by atoms with van der Waals surface area (Å²) in [5, 5.41) is 0. The van der Waals surface area contributed by atoms with Gasteiger partial charge in [0.15, 0.2) is 0 Å². The van der Waals surface area contributed by atoms with Gasteiger partial charge in [-0.15, -0.1) is 0 Å². The maximum Gasteiger partial charge on any atom is 0.133 e. The minimum atomic E-state index is 0.787.